The van der Waals surface area contributed by atoms with E-state index in [9.17, 15) is 0 Å². The Kier molecular flexibility index (Phi) is 2.37. The molecular weight excluding hydrogens is 194 g/mol. The van der Waals surface area contributed by atoms with Crippen molar-refractivity contribution < 1.29 is 0 Å². The number of aryl methyl sites for hydroxylation is 1. The highest BCUT2D eigenvalue weighted by molar-refractivity contribution is 7.71. The van der Waals surface area contributed by atoms with Crippen LogP contribution in [0.2, 0.25) is 0 Å². The molecule has 0 N–H and O–H groups in total. The van der Waals surface area contributed by atoms with Crippen molar-refractivity contribution >= 4 is 12.2 Å². The summed E-state index contributed by atoms with van der Waals surface area (Å²) in [6.45, 7) is 0. The lowest BCUT2D eigenvalue weighted by atomic mass is 10.2. The summed E-state index contributed by atoms with van der Waals surface area (Å²) in [6.07, 6.45) is 5.43. The number of aromatic nitrogens is 3. The molecule has 0 spiro atoms. The van der Waals surface area contributed by atoms with E-state index >= 15 is 0 Å². The van der Waals surface area contributed by atoms with Crippen molar-refractivity contribution in [1.29, 1.82) is 0 Å². The molecule has 2 aromatic rings. The summed E-state index contributed by atoms with van der Waals surface area (Å²) in [5, 5.41) is 0. The Hall–Kier alpha value is -1.55. The van der Waals surface area contributed by atoms with Gasteiger partial charge in [-0.15, -0.1) is 0 Å². The molecule has 0 atom stereocenters. The number of hydrogen-bond donors (Lipinski definition) is 0. The van der Waals surface area contributed by atoms with Crippen LogP contribution in [-0.2, 0) is 7.05 Å². The Labute approximate surface area is 87.1 Å². The third-order valence-corrected chi connectivity index (χ3v) is 2.30. The molecule has 4 heteroatoms. The zero-order valence-electron chi connectivity index (χ0n) is 7.71. The van der Waals surface area contributed by atoms with Crippen LogP contribution < -0.4 is 0 Å². The van der Waals surface area contributed by atoms with Gasteiger partial charge >= 0.3 is 0 Å². The molecule has 2 rings (SSSR count). The van der Waals surface area contributed by atoms with Crippen LogP contribution in [-0.4, -0.2) is 14.5 Å². The van der Waals surface area contributed by atoms with E-state index in [1.54, 1.807) is 17.0 Å². The molecule has 0 radical (unpaired) electrons. The van der Waals surface area contributed by atoms with Gasteiger partial charge in [0.05, 0.1) is 5.69 Å². The van der Waals surface area contributed by atoms with Crippen molar-refractivity contribution in [2.24, 2.45) is 7.05 Å². The zero-order chi connectivity index (χ0) is 9.97. The summed E-state index contributed by atoms with van der Waals surface area (Å²) >= 11 is 4.99. The third-order valence-electron chi connectivity index (χ3n) is 1.91. The highest BCUT2D eigenvalue weighted by Crippen LogP contribution is 2.13. The summed E-state index contributed by atoms with van der Waals surface area (Å²) in [7, 11) is 1.88. The fourth-order valence-electron chi connectivity index (χ4n) is 1.18. The van der Waals surface area contributed by atoms with Crippen molar-refractivity contribution in [3.63, 3.8) is 0 Å². The lowest BCUT2D eigenvalue weighted by molar-refractivity contribution is 0.844. The van der Waals surface area contributed by atoms with Gasteiger partial charge in [-0.25, -0.2) is 4.98 Å². The van der Waals surface area contributed by atoms with Crippen LogP contribution in [0.15, 0.2) is 36.8 Å². The first-order valence-corrected chi connectivity index (χ1v) is 4.62. The second kappa shape index (κ2) is 3.67. The minimum Gasteiger partial charge on any atom is -0.326 e. The molecule has 0 aliphatic carbocycles. The Bertz CT molecular complexity index is 490. The maximum Gasteiger partial charge on any atom is 0.199 e. The predicted octanol–water partition coefficient (Wildman–Crippen LogP) is 2.21. The summed E-state index contributed by atoms with van der Waals surface area (Å²) in [5.74, 6) is 0. The Morgan fingerprint density at radius 3 is 2.79 bits per heavy atom. The van der Waals surface area contributed by atoms with Crippen LogP contribution in [0.3, 0.4) is 0 Å². The number of nitrogens with zero attached hydrogens (tertiary/aromatic N) is 3. The van der Waals surface area contributed by atoms with Crippen molar-refractivity contribution in [3.8, 4) is 11.3 Å². The lowest BCUT2D eigenvalue weighted by Crippen LogP contribution is -1.96. The van der Waals surface area contributed by atoms with Crippen LogP contribution in [0.4, 0.5) is 0 Å². The van der Waals surface area contributed by atoms with E-state index in [0.717, 1.165) is 11.3 Å². The first-order valence-electron chi connectivity index (χ1n) is 4.21. The third kappa shape index (κ3) is 1.70. The molecule has 70 valence electrons. The van der Waals surface area contributed by atoms with Crippen LogP contribution in [0.25, 0.3) is 11.3 Å². The highest BCUT2D eigenvalue weighted by Gasteiger charge is 1.98. The molecule has 0 unspecified atom stereocenters. The van der Waals surface area contributed by atoms with E-state index in [0.29, 0.717) is 4.77 Å². The van der Waals surface area contributed by atoms with Crippen molar-refractivity contribution in [2.75, 3.05) is 0 Å². The SMILES string of the molecule is Cn1cc(-c2ccccn2)cnc1=S. The predicted molar refractivity (Wildman–Crippen MR) is 57.3 cm³/mol. The normalized spacial score (nSPS) is 10.1. The fourth-order valence-corrected chi connectivity index (χ4v) is 1.28. The molecule has 0 fully saturated rings. The van der Waals surface area contributed by atoms with Gasteiger partial charge in [-0.05, 0) is 24.4 Å². The van der Waals surface area contributed by atoms with Gasteiger partial charge in [0.2, 0.25) is 0 Å². The van der Waals surface area contributed by atoms with Gasteiger partial charge < -0.3 is 4.57 Å². The monoisotopic (exact) mass is 203 g/mol. The Balaban J connectivity index is 2.54. The molecule has 0 bridgehead atoms. The molecule has 0 amide bonds. The first kappa shape index (κ1) is 9.02. The average molecular weight is 203 g/mol. The molecule has 2 heterocycles. The standard InChI is InChI=1S/C10H9N3S/c1-13-7-8(6-12-10(13)14)9-4-2-3-5-11-9/h2-7H,1H3. The molecule has 0 aliphatic heterocycles. The van der Waals surface area contributed by atoms with Crippen LogP contribution >= 0.6 is 12.2 Å². The van der Waals surface area contributed by atoms with Crippen molar-refractivity contribution in [3.05, 3.63) is 41.6 Å². The van der Waals surface area contributed by atoms with Gasteiger partial charge in [0, 0.05) is 31.2 Å². The van der Waals surface area contributed by atoms with Gasteiger partial charge in [0.25, 0.3) is 0 Å². The molecule has 2 aromatic heterocycles. The maximum atomic E-state index is 4.99. The summed E-state index contributed by atoms with van der Waals surface area (Å²) in [4.78, 5) is 8.33. The molecule has 3 nitrogen and oxygen atoms in total. The zero-order valence-corrected chi connectivity index (χ0v) is 8.53. The molecule has 0 aromatic carbocycles. The van der Waals surface area contributed by atoms with Crippen LogP contribution in [0.5, 0.6) is 0 Å². The quantitative estimate of drug-likeness (QED) is 0.666. The van der Waals surface area contributed by atoms with E-state index in [2.05, 4.69) is 9.97 Å². The van der Waals surface area contributed by atoms with Crippen molar-refractivity contribution in [1.82, 2.24) is 14.5 Å². The van der Waals surface area contributed by atoms with Gasteiger partial charge in [-0.2, -0.15) is 0 Å². The summed E-state index contributed by atoms with van der Waals surface area (Å²) < 4.78 is 2.38. The summed E-state index contributed by atoms with van der Waals surface area (Å²) in [5.41, 5.74) is 1.88. The lowest BCUT2D eigenvalue weighted by Gasteiger charge is -2.02. The highest BCUT2D eigenvalue weighted by atomic mass is 32.1. The van der Waals surface area contributed by atoms with E-state index < -0.39 is 0 Å². The first-order chi connectivity index (χ1) is 6.77. The largest absolute Gasteiger partial charge is 0.326 e. The molecule has 0 aliphatic rings. The van der Waals surface area contributed by atoms with E-state index in [-0.39, 0.29) is 0 Å². The Morgan fingerprint density at radius 2 is 2.14 bits per heavy atom. The average Bonchev–Trinajstić information content (AvgIpc) is 2.23. The van der Waals surface area contributed by atoms with Crippen LogP contribution in [0.1, 0.15) is 0 Å². The topological polar surface area (TPSA) is 30.7 Å². The molecule has 14 heavy (non-hydrogen) atoms. The molecular formula is C10H9N3S. The second-order valence-corrected chi connectivity index (χ2v) is 3.32. The van der Waals surface area contributed by atoms with Gasteiger partial charge in [0.15, 0.2) is 4.77 Å². The smallest absolute Gasteiger partial charge is 0.199 e. The van der Waals surface area contributed by atoms with Gasteiger partial charge in [-0.3, -0.25) is 4.98 Å². The minimum atomic E-state index is 0.574. The van der Waals surface area contributed by atoms with Crippen molar-refractivity contribution in [2.45, 2.75) is 0 Å². The summed E-state index contributed by atoms with van der Waals surface area (Å²) in [6, 6.07) is 5.78. The molecule has 0 saturated heterocycles. The fraction of sp³-hybridized carbons (Fsp3) is 0.100. The van der Waals surface area contributed by atoms with Gasteiger partial charge in [-0.1, -0.05) is 6.07 Å². The van der Waals surface area contributed by atoms with E-state index in [4.69, 9.17) is 12.2 Å². The van der Waals surface area contributed by atoms with Crippen LogP contribution in [0, 0.1) is 4.77 Å². The van der Waals surface area contributed by atoms with E-state index in [1.165, 1.54) is 0 Å². The Morgan fingerprint density at radius 1 is 1.29 bits per heavy atom. The minimum absolute atomic E-state index is 0.574. The van der Waals surface area contributed by atoms with Gasteiger partial charge in [0.1, 0.15) is 0 Å². The second-order valence-electron chi connectivity index (χ2n) is 2.95. The number of hydrogen-bond acceptors (Lipinski definition) is 3. The van der Waals surface area contributed by atoms with E-state index in [1.807, 2.05) is 31.4 Å². The number of pyridine rings is 1. The molecule has 0 saturated carbocycles. The maximum absolute atomic E-state index is 4.99. The number of rotatable bonds is 1.